The van der Waals surface area contributed by atoms with E-state index in [2.05, 4.69) is 9.97 Å². The summed E-state index contributed by atoms with van der Waals surface area (Å²) in [5, 5.41) is 2.20. The first kappa shape index (κ1) is 15.6. The maximum Gasteiger partial charge on any atom is 0.116 e. The van der Waals surface area contributed by atoms with Crippen LogP contribution in [0.4, 0.5) is 0 Å². The number of nitrogens with zero attached hydrogens (tertiary/aromatic N) is 2. The average Bonchev–Trinajstić information content (AvgIpc) is 2.45. The van der Waals surface area contributed by atoms with Gasteiger partial charge in [0, 0.05) is 31.2 Å². The van der Waals surface area contributed by atoms with Crippen molar-refractivity contribution in [3.8, 4) is 22.5 Å². The van der Waals surface area contributed by atoms with Gasteiger partial charge in [0.1, 0.15) is 6.33 Å². The predicted octanol–water partition coefficient (Wildman–Crippen LogP) is 6.42. The zero-order valence-corrected chi connectivity index (χ0v) is 14.0. The Morgan fingerprint density at radius 2 is 0.864 bits per heavy atom. The summed E-state index contributed by atoms with van der Waals surface area (Å²) in [4.78, 5) is 8.54. The summed E-state index contributed by atoms with van der Waals surface area (Å²) < 4.78 is 0. The fourth-order valence-electron chi connectivity index (χ4n) is 2.08. The number of aromatic nitrogens is 2. The standard InChI is InChI=1S/C16H8Cl4N2/c17-11-1-9(2-12(18)5-11)15-7-16(22-8-21-15)10-3-13(19)6-14(20)4-10/h1-8H. The van der Waals surface area contributed by atoms with Crippen molar-refractivity contribution in [1.82, 2.24) is 9.97 Å². The van der Waals surface area contributed by atoms with Crippen molar-refractivity contribution in [2.24, 2.45) is 0 Å². The van der Waals surface area contributed by atoms with Gasteiger partial charge in [-0.2, -0.15) is 0 Å². The molecule has 1 aromatic heterocycles. The first-order chi connectivity index (χ1) is 10.5. The van der Waals surface area contributed by atoms with Crippen molar-refractivity contribution in [2.75, 3.05) is 0 Å². The van der Waals surface area contributed by atoms with E-state index in [0.717, 1.165) is 11.1 Å². The maximum absolute atomic E-state index is 6.04. The molecule has 0 unspecified atom stereocenters. The zero-order valence-electron chi connectivity index (χ0n) is 11.0. The van der Waals surface area contributed by atoms with Crippen molar-refractivity contribution >= 4 is 46.4 Å². The number of benzene rings is 2. The molecule has 0 bridgehead atoms. The van der Waals surface area contributed by atoms with Crippen LogP contribution in [0, 0.1) is 0 Å². The molecule has 0 aliphatic rings. The van der Waals surface area contributed by atoms with Crippen molar-refractivity contribution in [2.45, 2.75) is 0 Å². The lowest BCUT2D eigenvalue weighted by molar-refractivity contribution is 1.18. The molecule has 22 heavy (non-hydrogen) atoms. The topological polar surface area (TPSA) is 25.8 Å². The minimum absolute atomic E-state index is 0.550. The van der Waals surface area contributed by atoms with E-state index in [1.807, 2.05) is 6.07 Å². The van der Waals surface area contributed by atoms with E-state index in [4.69, 9.17) is 46.4 Å². The van der Waals surface area contributed by atoms with Gasteiger partial charge < -0.3 is 0 Å². The van der Waals surface area contributed by atoms with E-state index < -0.39 is 0 Å². The third-order valence-corrected chi connectivity index (χ3v) is 3.86. The molecule has 0 aliphatic carbocycles. The molecule has 3 aromatic rings. The highest BCUT2D eigenvalue weighted by Gasteiger charge is 2.08. The second-order valence-electron chi connectivity index (χ2n) is 4.60. The van der Waals surface area contributed by atoms with Crippen LogP contribution < -0.4 is 0 Å². The normalized spacial score (nSPS) is 10.7. The van der Waals surface area contributed by atoms with Gasteiger partial charge in [-0.05, 0) is 42.5 Å². The summed E-state index contributed by atoms with van der Waals surface area (Å²) in [7, 11) is 0. The van der Waals surface area contributed by atoms with Gasteiger partial charge in [0.15, 0.2) is 0 Å². The van der Waals surface area contributed by atoms with Gasteiger partial charge in [-0.15, -0.1) is 0 Å². The molecule has 0 aliphatic heterocycles. The highest BCUT2D eigenvalue weighted by atomic mass is 35.5. The van der Waals surface area contributed by atoms with Crippen molar-refractivity contribution < 1.29 is 0 Å². The quantitative estimate of drug-likeness (QED) is 0.520. The van der Waals surface area contributed by atoms with Crippen LogP contribution in [0.25, 0.3) is 22.5 Å². The van der Waals surface area contributed by atoms with Gasteiger partial charge in [0.25, 0.3) is 0 Å². The molecule has 1 heterocycles. The number of halogens is 4. The molecule has 3 rings (SSSR count). The zero-order chi connectivity index (χ0) is 15.7. The van der Waals surface area contributed by atoms with E-state index in [9.17, 15) is 0 Å². The van der Waals surface area contributed by atoms with Gasteiger partial charge in [0.2, 0.25) is 0 Å². The van der Waals surface area contributed by atoms with E-state index in [1.54, 1.807) is 36.4 Å². The lowest BCUT2D eigenvalue weighted by atomic mass is 10.1. The van der Waals surface area contributed by atoms with E-state index in [-0.39, 0.29) is 0 Å². The van der Waals surface area contributed by atoms with Crippen LogP contribution in [0.1, 0.15) is 0 Å². The fraction of sp³-hybridized carbons (Fsp3) is 0. The van der Waals surface area contributed by atoms with Crippen LogP contribution in [0.5, 0.6) is 0 Å². The Morgan fingerprint density at radius 1 is 0.500 bits per heavy atom. The Kier molecular flexibility index (Phi) is 4.55. The summed E-state index contributed by atoms with van der Waals surface area (Å²) in [6, 6.07) is 12.4. The number of rotatable bonds is 2. The SMILES string of the molecule is Clc1cc(Cl)cc(-c2cc(-c3cc(Cl)cc(Cl)c3)ncn2)c1. The van der Waals surface area contributed by atoms with Gasteiger partial charge in [0.05, 0.1) is 11.4 Å². The van der Waals surface area contributed by atoms with E-state index in [1.165, 1.54) is 6.33 Å². The molecule has 2 aromatic carbocycles. The van der Waals surface area contributed by atoms with Crippen LogP contribution in [0.15, 0.2) is 48.8 Å². The molecule has 0 atom stereocenters. The largest absolute Gasteiger partial charge is 0.236 e. The second-order valence-corrected chi connectivity index (χ2v) is 6.35. The first-order valence-corrected chi connectivity index (χ1v) is 7.77. The molecule has 0 fully saturated rings. The molecular weight excluding hydrogens is 362 g/mol. The predicted molar refractivity (Wildman–Crippen MR) is 92.9 cm³/mol. The Hall–Kier alpha value is -1.32. The molecule has 0 saturated carbocycles. The van der Waals surface area contributed by atoms with Crippen LogP contribution in [-0.4, -0.2) is 9.97 Å². The van der Waals surface area contributed by atoms with Crippen LogP contribution in [0.2, 0.25) is 20.1 Å². The van der Waals surface area contributed by atoms with Crippen LogP contribution in [0.3, 0.4) is 0 Å². The summed E-state index contributed by atoms with van der Waals surface area (Å²) in [6.45, 7) is 0. The summed E-state index contributed by atoms with van der Waals surface area (Å²) in [5.41, 5.74) is 3.06. The summed E-state index contributed by atoms with van der Waals surface area (Å²) in [6.07, 6.45) is 1.48. The van der Waals surface area contributed by atoms with Gasteiger partial charge >= 0.3 is 0 Å². The van der Waals surface area contributed by atoms with Gasteiger partial charge in [-0.3, -0.25) is 0 Å². The lowest BCUT2D eigenvalue weighted by Crippen LogP contribution is -1.90. The first-order valence-electron chi connectivity index (χ1n) is 6.26. The Morgan fingerprint density at radius 3 is 1.23 bits per heavy atom. The molecule has 0 saturated heterocycles. The minimum atomic E-state index is 0.550. The molecule has 0 amide bonds. The maximum atomic E-state index is 6.04. The van der Waals surface area contributed by atoms with Crippen LogP contribution in [-0.2, 0) is 0 Å². The molecular formula is C16H8Cl4N2. The van der Waals surface area contributed by atoms with Crippen molar-refractivity contribution in [3.05, 3.63) is 68.9 Å². The molecule has 2 nitrogen and oxygen atoms in total. The second kappa shape index (κ2) is 6.43. The van der Waals surface area contributed by atoms with Gasteiger partial charge in [-0.25, -0.2) is 9.97 Å². The van der Waals surface area contributed by atoms with Crippen molar-refractivity contribution in [3.63, 3.8) is 0 Å². The van der Waals surface area contributed by atoms with E-state index >= 15 is 0 Å². The Labute approximate surface area is 147 Å². The Bertz CT molecular complexity index is 742. The molecule has 0 radical (unpaired) electrons. The number of hydrogen-bond acceptors (Lipinski definition) is 2. The van der Waals surface area contributed by atoms with Crippen LogP contribution >= 0.6 is 46.4 Å². The summed E-state index contributed by atoms with van der Waals surface area (Å²) >= 11 is 24.1. The fourth-order valence-corrected chi connectivity index (χ4v) is 3.13. The molecule has 6 heteroatoms. The number of hydrogen-bond donors (Lipinski definition) is 0. The van der Waals surface area contributed by atoms with Crippen molar-refractivity contribution in [1.29, 1.82) is 0 Å². The monoisotopic (exact) mass is 368 g/mol. The minimum Gasteiger partial charge on any atom is -0.236 e. The summed E-state index contributed by atoms with van der Waals surface area (Å²) in [5.74, 6) is 0. The third kappa shape index (κ3) is 3.53. The smallest absolute Gasteiger partial charge is 0.116 e. The lowest BCUT2D eigenvalue weighted by Gasteiger charge is -2.06. The Balaban J connectivity index is 2.09. The molecule has 0 spiro atoms. The highest BCUT2D eigenvalue weighted by Crippen LogP contribution is 2.30. The molecule has 110 valence electrons. The third-order valence-electron chi connectivity index (χ3n) is 2.98. The van der Waals surface area contributed by atoms with E-state index in [0.29, 0.717) is 31.5 Å². The highest BCUT2D eigenvalue weighted by molar-refractivity contribution is 6.35. The average molecular weight is 370 g/mol. The molecule has 0 N–H and O–H groups in total. The van der Waals surface area contributed by atoms with Gasteiger partial charge in [-0.1, -0.05) is 46.4 Å².